The molecule has 1 atom stereocenters. The van der Waals surface area contributed by atoms with Gasteiger partial charge >= 0.3 is 0 Å². The molecule has 1 N–H and O–H groups in total. The number of aromatic nitrogens is 1. The average Bonchev–Trinajstić information content (AvgIpc) is 2.98. The van der Waals surface area contributed by atoms with Crippen LogP contribution in [0.4, 0.5) is 0 Å². The van der Waals surface area contributed by atoms with E-state index < -0.39 is 0 Å². The van der Waals surface area contributed by atoms with Crippen LogP contribution in [0.3, 0.4) is 0 Å². The molecule has 19 heavy (non-hydrogen) atoms. The molecule has 1 saturated heterocycles. The lowest BCUT2D eigenvalue weighted by molar-refractivity contribution is 0.415. The van der Waals surface area contributed by atoms with Crippen molar-refractivity contribution >= 4 is 26.8 Å². The Bertz CT molecular complexity index is 627. The summed E-state index contributed by atoms with van der Waals surface area (Å²) in [4.78, 5) is 0. The third-order valence-corrected chi connectivity index (χ3v) is 4.95. The molecule has 102 valence electrons. The number of rotatable bonds is 2. The number of fused-ring (bicyclic) bond motifs is 1. The number of hydrogen-bond donors (Lipinski definition) is 1. The van der Waals surface area contributed by atoms with Gasteiger partial charge in [0.25, 0.3) is 0 Å². The molecule has 2 heterocycles. The van der Waals surface area contributed by atoms with Gasteiger partial charge in [0.05, 0.1) is 12.6 Å². The Morgan fingerprint density at radius 1 is 1.42 bits per heavy atom. The van der Waals surface area contributed by atoms with E-state index in [9.17, 15) is 0 Å². The Kier molecular flexibility index (Phi) is 3.31. The van der Waals surface area contributed by atoms with Gasteiger partial charge in [-0.3, -0.25) is 0 Å². The van der Waals surface area contributed by atoms with Gasteiger partial charge in [-0.05, 0) is 53.5 Å². The molecule has 3 rings (SSSR count). The maximum atomic E-state index is 5.39. The SMILES string of the molecule is COc1cc(C)c2c(c1)c(Br)c(C1CCNC1)n2C. The molecule has 0 radical (unpaired) electrons. The second-order valence-corrected chi connectivity index (χ2v) is 6.08. The largest absolute Gasteiger partial charge is 0.497 e. The van der Waals surface area contributed by atoms with Crippen molar-refractivity contribution in [2.24, 2.45) is 7.05 Å². The number of aryl methyl sites for hydroxylation is 2. The van der Waals surface area contributed by atoms with Crippen molar-refractivity contribution in [2.75, 3.05) is 20.2 Å². The van der Waals surface area contributed by atoms with Crippen molar-refractivity contribution in [1.82, 2.24) is 9.88 Å². The monoisotopic (exact) mass is 322 g/mol. The normalized spacial score (nSPS) is 19.3. The Balaban J connectivity index is 2.26. The minimum Gasteiger partial charge on any atom is -0.497 e. The molecule has 2 aromatic rings. The maximum absolute atomic E-state index is 5.39. The molecular weight excluding hydrogens is 304 g/mol. The molecule has 1 fully saturated rings. The van der Waals surface area contributed by atoms with Gasteiger partial charge in [0.2, 0.25) is 0 Å². The van der Waals surface area contributed by atoms with E-state index in [1.807, 2.05) is 0 Å². The fraction of sp³-hybridized carbons (Fsp3) is 0.467. The molecule has 1 aliphatic rings. The molecule has 1 aromatic heterocycles. The number of benzene rings is 1. The highest BCUT2D eigenvalue weighted by Crippen LogP contribution is 2.39. The Labute approximate surface area is 122 Å². The molecule has 1 unspecified atom stereocenters. The zero-order valence-corrected chi connectivity index (χ0v) is 13.2. The van der Waals surface area contributed by atoms with Crippen LogP contribution in [0.15, 0.2) is 16.6 Å². The summed E-state index contributed by atoms with van der Waals surface area (Å²) in [6, 6.07) is 4.23. The predicted molar refractivity (Wildman–Crippen MR) is 82.1 cm³/mol. The quantitative estimate of drug-likeness (QED) is 0.917. The van der Waals surface area contributed by atoms with E-state index in [2.05, 4.69) is 51.9 Å². The molecule has 0 bridgehead atoms. The van der Waals surface area contributed by atoms with Crippen molar-refractivity contribution in [1.29, 1.82) is 0 Å². The zero-order valence-electron chi connectivity index (χ0n) is 11.6. The zero-order chi connectivity index (χ0) is 13.6. The Morgan fingerprint density at radius 3 is 2.84 bits per heavy atom. The first-order valence-electron chi connectivity index (χ1n) is 6.66. The van der Waals surface area contributed by atoms with Crippen molar-refractivity contribution in [3.63, 3.8) is 0 Å². The van der Waals surface area contributed by atoms with E-state index in [-0.39, 0.29) is 0 Å². The van der Waals surface area contributed by atoms with E-state index in [0.29, 0.717) is 5.92 Å². The summed E-state index contributed by atoms with van der Waals surface area (Å²) < 4.78 is 8.95. The summed E-state index contributed by atoms with van der Waals surface area (Å²) in [5.41, 5.74) is 3.96. The van der Waals surface area contributed by atoms with Gasteiger partial charge in [-0.15, -0.1) is 0 Å². The first kappa shape index (κ1) is 13.0. The molecule has 0 amide bonds. The minimum atomic E-state index is 0.595. The van der Waals surface area contributed by atoms with Crippen LogP contribution in [0, 0.1) is 6.92 Å². The molecule has 0 saturated carbocycles. The molecule has 0 aliphatic carbocycles. The number of halogens is 1. The van der Waals surface area contributed by atoms with Gasteiger partial charge in [-0.25, -0.2) is 0 Å². The van der Waals surface area contributed by atoms with Gasteiger partial charge in [-0.2, -0.15) is 0 Å². The first-order chi connectivity index (χ1) is 9.13. The van der Waals surface area contributed by atoms with E-state index in [1.54, 1.807) is 7.11 Å². The molecule has 1 aromatic carbocycles. The van der Waals surface area contributed by atoms with Crippen LogP contribution in [0.2, 0.25) is 0 Å². The summed E-state index contributed by atoms with van der Waals surface area (Å²) in [7, 11) is 3.89. The number of methoxy groups -OCH3 is 1. The van der Waals surface area contributed by atoms with E-state index >= 15 is 0 Å². The van der Waals surface area contributed by atoms with Crippen molar-refractivity contribution in [3.8, 4) is 5.75 Å². The lowest BCUT2D eigenvalue weighted by Crippen LogP contribution is -2.10. The Morgan fingerprint density at radius 2 is 2.21 bits per heavy atom. The molecule has 0 spiro atoms. The van der Waals surface area contributed by atoms with Crippen molar-refractivity contribution < 1.29 is 4.74 Å². The highest BCUT2D eigenvalue weighted by atomic mass is 79.9. The van der Waals surface area contributed by atoms with Crippen molar-refractivity contribution in [2.45, 2.75) is 19.3 Å². The topological polar surface area (TPSA) is 26.2 Å². The number of nitrogens with zero attached hydrogens (tertiary/aromatic N) is 1. The van der Waals surface area contributed by atoms with E-state index in [1.165, 1.54) is 33.1 Å². The van der Waals surface area contributed by atoms with Crippen LogP contribution in [0.25, 0.3) is 10.9 Å². The fourth-order valence-corrected chi connectivity index (χ4v) is 4.12. The standard InChI is InChI=1S/C15H19BrN2O/c1-9-6-11(19-3)7-12-13(16)15(18(2)14(9)12)10-4-5-17-8-10/h6-7,10,17H,4-5,8H2,1-3H3. The van der Waals surface area contributed by atoms with E-state index in [4.69, 9.17) is 4.74 Å². The minimum absolute atomic E-state index is 0.595. The number of nitrogens with one attached hydrogen (secondary N) is 1. The summed E-state index contributed by atoms with van der Waals surface area (Å²) in [5.74, 6) is 1.52. The predicted octanol–water partition coefficient (Wildman–Crippen LogP) is 3.33. The van der Waals surface area contributed by atoms with Crippen LogP contribution >= 0.6 is 15.9 Å². The summed E-state index contributed by atoms with van der Waals surface area (Å²) in [6.07, 6.45) is 1.21. The molecule has 1 aliphatic heterocycles. The van der Waals surface area contributed by atoms with Crippen LogP contribution in [0.5, 0.6) is 5.75 Å². The van der Waals surface area contributed by atoms with Gasteiger partial charge in [0.1, 0.15) is 5.75 Å². The molecular formula is C15H19BrN2O. The second kappa shape index (κ2) is 4.84. The van der Waals surface area contributed by atoms with Crippen LogP contribution in [-0.2, 0) is 7.05 Å². The van der Waals surface area contributed by atoms with Gasteiger partial charge in [0.15, 0.2) is 0 Å². The van der Waals surface area contributed by atoms with Gasteiger partial charge in [-0.1, -0.05) is 0 Å². The summed E-state index contributed by atoms with van der Waals surface area (Å²) in [6.45, 7) is 4.33. The third-order valence-electron chi connectivity index (χ3n) is 4.11. The third kappa shape index (κ3) is 1.98. The summed E-state index contributed by atoms with van der Waals surface area (Å²) >= 11 is 3.81. The van der Waals surface area contributed by atoms with E-state index in [0.717, 1.165) is 18.8 Å². The lowest BCUT2D eigenvalue weighted by Gasteiger charge is -2.12. The highest BCUT2D eigenvalue weighted by molar-refractivity contribution is 9.10. The lowest BCUT2D eigenvalue weighted by atomic mass is 10.0. The molecule has 4 heteroatoms. The van der Waals surface area contributed by atoms with Crippen LogP contribution in [-0.4, -0.2) is 24.8 Å². The smallest absolute Gasteiger partial charge is 0.119 e. The van der Waals surface area contributed by atoms with Crippen LogP contribution < -0.4 is 10.1 Å². The second-order valence-electron chi connectivity index (χ2n) is 5.29. The Hall–Kier alpha value is -1.00. The number of ether oxygens (including phenoxy) is 1. The van der Waals surface area contributed by atoms with Crippen LogP contribution in [0.1, 0.15) is 23.6 Å². The van der Waals surface area contributed by atoms with Gasteiger partial charge in [0, 0.05) is 35.1 Å². The highest BCUT2D eigenvalue weighted by Gasteiger charge is 2.25. The summed E-state index contributed by atoms with van der Waals surface area (Å²) in [5, 5.41) is 4.70. The van der Waals surface area contributed by atoms with Crippen molar-refractivity contribution in [3.05, 3.63) is 27.9 Å². The molecule has 3 nitrogen and oxygen atoms in total. The average molecular weight is 323 g/mol. The fourth-order valence-electron chi connectivity index (χ4n) is 3.22. The van der Waals surface area contributed by atoms with Gasteiger partial charge < -0.3 is 14.6 Å². The maximum Gasteiger partial charge on any atom is 0.119 e. The number of hydrogen-bond acceptors (Lipinski definition) is 2. The first-order valence-corrected chi connectivity index (χ1v) is 7.46.